The molecule has 1 saturated heterocycles. The molecule has 2 heterocycles. The van der Waals surface area contributed by atoms with E-state index >= 15 is 0 Å². The summed E-state index contributed by atoms with van der Waals surface area (Å²) in [5, 5.41) is 2.78. The average Bonchev–Trinajstić information content (AvgIpc) is 2.80. The molecule has 1 N–H and O–H groups in total. The summed E-state index contributed by atoms with van der Waals surface area (Å²) in [5.41, 5.74) is -0.739. The summed E-state index contributed by atoms with van der Waals surface area (Å²) < 4.78 is 38.8. The Morgan fingerprint density at radius 3 is 2.63 bits per heavy atom. The number of anilines is 1. The van der Waals surface area contributed by atoms with Crippen LogP contribution in [0.15, 0.2) is 16.7 Å². The highest BCUT2D eigenvalue weighted by molar-refractivity contribution is 9.10. The van der Waals surface area contributed by atoms with E-state index in [0.29, 0.717) is 6.54 Å². The molecule has 2 rings (SSSR count). The van der Waals surface area contributed by atoms with Gasteiger partial charge in [0.15, 0.2) is 0 Å². The van der Waals surface area contributed by atoms with Crippen LogP contribution in [0.1, 0.15) is 18.4 Å². The molecule has 0 atom stereocenters. The van der Waals surface area contributed by atoms with E-state index in [2.05, 4.69) is 31.1 Å². The van der Waals surface area contributed by atoms with E-state index in [-0.39, 0.29) is 10.3 Å². The van der Waals surface area contributed by atoms with Crippen molar-refractivity contribution >= 4 is 21.7 Å². The van der Waals surface area contributed by atoms with Gasteiger partial charge in [-0.15, -0.1) is 0 Å². The third-order valence-corrected chi connectivity index (χ3v) is 3.76. The lowest BCUT2D eigenvalue weighted by Crippen LogP contribution is -2.27. The Bertz CT molecular complexity index is 431. The largest absolute Gasteiger partial charge is 0.421 e. The number of nitrogens with zero attached hydrogens (tertiary/aromatic N) is 2. The van der Waals surface area contributed by atoms with Gasteiger partial charge < -0.3 is 10.2 Å². The molecule has 0 bridgehead atoms. The molecule has 1 aliphatic heterocycles. The van der Waals surface area contributed by atoms with Crippen molar-refractivity contribution in [3.63, 3.8) is 0 Å². The molecule has 0 saturated carbocycles. The molecular formula is C12H15BrF3N3. The molecule has 0 amide bonds. The summed E-state index contributed by atoms with van der Waals surface area (Å²) in [4.78, 5) is 6.02. The molecule has 0 unspecified atom stereocenters. The van der Waals surface area contributed by atoms with Gasteiger partial charge in [0, 0.05) is 23.8 Å². The standard InChI is InChI=1S/C12H15BrF3N3/c13-9-3-4-17-11(10(9)12(14,15)16)18-5-8-19-6-1-2-7-19/h3-4H,1-2,5-8H2,(H,17,18). The molecule has 19 heavy (non-hydrogen) atoms. The number of nitrogens with one attached hydrogen (secondary N) is 1. The first kappa shape index (κ1) is 14.6. The SMILES string of the molecule is FC(F)(F)c1c(Br)ccnc1NCCN1CCCC1. The van der Waals surface area contributed by atoms with Crippen molar-refractivity contribution in [2.75, 3.05) is 31.5 Å². The molecule has 0 spiro atoms. The van der Waals surface area contributed by atoms with E-state index < -0.39 is 11.7 Å². The second-order valence-corrected chi connectivity index (χ2v) is 5.34. The number of rotatable bonds is 4. The van der Waals surface area contributed by atoms with Crippen LogP contribution in [0.25, 0.3) is 0 Å². The fourth-order valence-corrected chi connectivity index (χ4v) is 2.71. The van der Waals surface area contributed by atoms with Gasteiger partial charge >= 0.3 is 6.18 Å². The van der Waals surface area contributed by atoms with E-state index in [1.165, 1.54) is 25.1 Å². The van der Waals surface area contributed by atoms with Gasteiger partial charge in [-0.1, -0.05) is 0 Å². The maximum atomic E-state index is 12.9. The minimum atomic E-state index is -4.41. The van der Waals surface area contributed by atoms with Gasteiger partial charge in [0.25, 0.3) is 0 Å². The lowest BCUT2D eigenvalue weighted by atomic mass is 10.2. The van der Waals surface area contributed by atoms with Gasteiger partial charge in [-0.3, -0.25) is 0 Å². The zero-order valence-electron chi connectivity index (χ0n) is 10.3. The Morgan fingerprint density at radius 1 is 1.32 bits per heavy atom. The molecule has 3 nitrogen and oxygen atoms in total. The van der Waals surface area contributed by atoms with Gasteiger partial charge in [-0.05, 0) is 47.9 Å². The Kier molecular flexibility index (Phi) is 4.67. The van der Waals surface area contributed by atoms with Gasteiger partial charge in [-0.2, -0.15) is 13.2 Å². The number of pyridine rings is 1. The summed E-state index contributed by atoms with van der Waals surface area (Å²) in [6.45, 7) is 3.26. The maximum Gasteiger partial charge on any atom is 0.421 e. The number of halogens is 4. The monoisotopic (exact) mass is 337 g/mol. The number of likely N-dealkylation sites (tertiary alicyclic amines) is 1. The van der Waals surface area contributed by atoms with Crippen molar-refractivity contribution in [3.05, 3.63) is 22.3 Å². The van der Waals surface area contributed by atoms with E-state index in [0.717, 1.165) is 19.6 Å². The molecule has 0 aliphatic carbocycles. The zero-order valence-corrected chi connectivity index (χ0v) is 11.9. The van der Waals surface area contributed by atoms with Crippen molar-refractivity contribution in [2.45, 2.75) is 19.0 Å². The third kappa shape index (κ3) is 3.82. The van der Waals surface area contributed by atoms with Crippen molar-refractivity contribution in [1.29, 1.82) is 0 Å². The molecule has 0 aromatic carbocycles. The number of aromatic nitrogens is 1. The molecule has 106 valence electrons. The van der Waals surface area contributed by atoms with Crippen LogP contribution in [-0.4, -0.2) is 36.1 Å². The molecule has 1 aromatic rings. The number of hydrogen-bond donors (Lipinski definition) is 1. The van der Waals surface area contributed by atoms with Crippen LogP contribution in [0.3, 0.4) is 0 Å². The minimum Gasteiger partial charge on any atom is -0.368 e. The van der Waals surface area contributed by atoms with E-state index in [1.807, 2.05) is 0 Å². The smallest absolute Gasteiger partial charge is 0.368 e. The van der Waals surface area contributed by atoms with Crippen molar-refractivity contribution < 1.29 is 13.2 Å². The van der Waals surface area contributed by atoms with E-state index in [4.69, 9.17) is 0 Å². The summed E-state index contributed by atoms with van der Waals surface area (Å²) in [7, 11) is 0. The Labute approximate surface area is 118 Å². The highest BCUT2D eigenvalue weighted by Gasteiger charge is 2.36. The Morgan fingerprint density at radius 2 is 2.00 bits per heavy atom. The molecule has 0 radical (unpaired) electrons. The van der Waals surface area contributed by atoms with Gasteiger partial charge in [-0.25, -0.2) is 4.98 Å². The third-order valence-electron chi connectivity index (χ3n) is 3.10. The Balaban J connectivity index is 2.01. The first-order chi connectivity index (χ1) is 8.98. The van der Waals surface area contributed by atoms with Crippen LogP contribution < -0.4 is 5.32 Å². The van der Waals surface area contributed by atoms with Gasteiger partial charge in [0.05, 0.1) is 0 Å². The lowest BCUT2D eigenvalue weighted by molar-refractivity contribution is -0.137. The van der Waals surface area contributed by atoms with Crippen LogP contribution in [0.5, 0.6) is 0 Å². The summed E-state index contributed by atoms with van der Waals surface area (Å²) in [6, 6.07) is 1.30. The molecule has 7 heteroatoms. The fourth-order valence-electron chi connectivity index (χ4n) is 2.18. The summed E-state index contributed by atoms with van der Waals surface area (Å²) >= 11 is 2.93. The molecular weight excluding hydrogens is 323 g/mol. The quantitative estimate of drug-likeness (QED) is 0.912. The van der Waals surface area contributed by atoms with E-state index in [9.17, 15) is 13.2 Å². The molecule has 1 aliphatic rings. The van der Waals surface area contributed by atoms with Gasteiger partial charge in [0.2, 0.25) is 0 Å². The minimum absolute atomic E-state index is 0.0127. The first-order valence-electron chi connectivity index (χ1n) is 6.16. The zero-order chi connectivity index (χ0) is 13.9. The fraction of sp³-hybridized carbons (Fsp3) is 0.583. The molecule has 1 aromatic heterocycles. The van der Waals surface area contributed by atoms with Crippen LogP contribution in [-0.2, 0) is 6.18 Å². The van der Waals surface area contributed by atoms with Crippen molar-refractivity contribution in [2.24, 2.45) is 0 Å². The lowest BCUT2D eigenvalue weighted by Gasteiger charge is -2.18. The summed E-state index contributed by atoms with van der Waals surface area (Å²) in [5.74, 6) is -0.110. The highest BCUT2D eigenvalue weighted by atomic mass is 79.9. The number of hydrogen-bond acceptors (Lipinski definition) is 3. The first-order valence-corrected chi connectivity index (χ1v) is 6.95. The predicted molar refractivity (Wildman–Crippen MR) is 71.1 cm³/mol. The summed E-state index contributed by atoms with van der Waals surface area (Å²) in [6.07, 6.45) is -0.716. The predicted octanol–water partition coefficient (Wildman–Crippen LogP) is 3.37. The van der Waals surface area contributed by atoms with E-state index in [1.54, 1.807) is 0 Å². The van der Waals surface area contributed by atoms with Crippen molar-refractivity contribution in [3.8, 4) is 0 Å². The van der Waals surface area contributed by atoms with Gasteiger partial charge in [0.1, 0.15) is 11.4 Å². The maximum absolute atomic E-state index is 12.9. The average molecular weight is 338 g/mol. The second kappa shape index (κ2) is 6.09. The van der Waals surface area contributed by atoms with Crippen LogP contribution >= 0.6 is 15.9 Å². The van der Waals surface area contributed by atoms with Crippen LogP contribution in [0, 0.1) is 0 Å². The molecule has 1 fully saturated rings. The van der Waals surface area contributed by atoms with Crippen molar-refractivity contribution in [1.82, 2.24) is 9.88 Å². The normalized spacial score (nSPS) is 16.8. The Hall–Kier alpha value is -0.820. The van der Waals surface area contributed by atoms with Crippen LogP contribution in [0.4, 0.5) is 19.0 Å². The number of alkyl halides is 3. The highest BCUT2D eigenvalue weighted by Crippen LogP contribution is 2.38. The van der Waals surface area contributed by atoms with Crippen LogP contribution in [0.2, 0.25) is 0 Å². The topological polar surface area (TPSA) is 28.2 Å². The second-order valence-electron chi connectivity index (χ2n) is 4.49.